The van der Waals surface area contributed by atoms with Crippen LogP contribution >= 0.6 is 0 Å². The van der Waals surface area contributed by atoms with Crippen LogP contribution in [0.4, 0.5) is 0 Å². The molecule has 0 spiro atoms. The molecule has 0 aliphatic heterocycles. The number of ether oxygens (including phenoxy) is 2. The lowest BCUT2D eigenvalue weighted by Crippen LogP contribution is -2.10. The molecule has 0 amide bonds. The standard InChI is InChI=1S/C20H20O3/c1-16-13-17(2)15-19(14-16)22-12-10-20(21)23-11-6-9-18-7-4-3-5-8-18/h3-5,7-8,13-15H,10-12H2,1-2H3. The van der Waals surface area contributed by atoms with Gasteiger partial charge < -0.3 is 9.47 Å². The minimum Gasteiger partial charge on any atom is -0.493 e. The zero-order chi connectivity index (χ0) is 16.5. The molecule has 2 aromatic rings. The number of carbonyl (C=O) groups excluding carboxylic acids is 1. The molecule has 2 aromatic carbocycles. The first-order valence-corrected chi connectivity index (χ1v) is 7.54. The van der Waals surface area contributed by atoms with Gasteiger partial charge in [0.2, 0.25) is 0 Å². The molecule has 0 N–H and O–H groups in total. The molecule has 0 unspecified atom stereocenters. The minimum absolute atomic E-state index is 0.0945. The van der Waals surface area contributed by atoms with Gasteiger partial charge >= 0.3 is 5.97 Å². The van der Waals surface area contributed by atoms with Gasteiger partial charge in [-0.2, -0.15) is 0 Å². The van der Waals surface area contributed by atoms with Crippen molar-refractivity contribution in [1.29, 1.82) is 0 Å². The molecule has 0 saturated heterocycles. The van der Waals surface area contributed by atoms with Gasteiger partial charge in [0.05, 0.1) is 13.0 Å². The van der Waals surface area contributed by atoms with Crippen LogP contribution in [0.2, 0.25) is 0 Å². The highest BCUT2D eigenvalue weighted by molar-refractivity contribution is 5.69. The second kappa shape index (κ2) is 8.65. The summed E-state index contributed by atoms with van der Waals surface area (Å²) in [7, 11) is 0. The average Bonchev–Trinajstić information content (AvgIpc) is 2.52. The molecule has 0 aromatic heterocycles. The van der Waals surface area contributed by atoms with E-state index in [1.165, 1.54) is 0 Å². The number of esters is 1. The summed E-state index contributed by atoms with van der Waals surface area (Å²) in [4.78, 5) is 11.6. The smallest absolute Gasteiger partial charge is 0.310 e. The van der Waals surface area contributed by atoms with Gasteiger partial charge in [-0.25, -0.2) is 0 Å². The Morgan fingerprint density at radius 2 is 1.74 bits per heavy atom. The van der Waals surface area contributed by atoms with Crippen molar-refractivity contribution in [3.8, 4) is 17.6 Å². The van der Waals surface area contributed by atoms with Gasteiger partial charge in [0.15, 0.2) is 6.61 Å². The van der Waals surface area contributed by atoms with Crippen molar-refractivity contribution in [1.82, 2.24) is 0 Å². The van der Waals surface area contributed by atoms with Gasteiger partial charge in [-0.3, -0.25) is 4.79 Å². The average molecular weight is 308 g/mol. The zero-order valence-corrected chi connectivity index (χ0v) is 13.5. The summed E-state index contributed by atoms with van der Waals surface area (Å²) in [5.74, 6) is 6.23. The summed E-state index contributed by atoms with van der Waals surface area (Å²) in [6, 6.07) is 15.6. The van der Waals surface area contributed by atoms with Crippen molar-refractivity contribution in [3.63, 3.8) is 0 Å². The molecule has 23 heavy (non-hydrogen) atoms. The van der Waals surface area contributed by atoms with Crippen molar-refractivity contribution in [3.05, 3.63) is 65.2 Å². The number of carbonyl (C=O) groups is 1. The van der Waals surface area contributed by atoms with Crippen LogP contribution in [0, 0.1) is 25.7 Å². The normalized spacial score (nSPS) is 9.65. The summed E-state index contributed by atoms with van der Waals surface area (Å²) in [6.45, 7) is 4.42. The molecular formula is C20H20O3. The predicted octanol–water partition coefficient (Wildman–Crippen LogP) is 3.67. The molecule has 0 fully saturated rings. The van der Waals surface area contributed by atoms with E-state index < -0.39 is 0 Å². The van der Waals surface area contributed by atoms with Crippen LogP contribution in [-0.4, -0.2) is 19.2 Å². The quantitative estimate of drug-likeness (QED) is 0.624. The van der Waals surface area contributed by atoms with Crippen LogP contribution < -0.4 is 4.74 Å². The van der Waals surface area contributed by atoms with Gasteiger partial charge in [0.1, 0.15) is 5.75 Å². The number of aryl methyl sites for hydroxylation is 2. The first kappa shape index (κ1) is 16.6. The van der Waals surface area contributed by atoms with Crippen LogP contribution in [0.1, 0.15) is 23.1 Å². The lowest BCUT2D eigenvalue weighted by atomic mass is 10.1. The van der Waals surface area contributed by atoms with Gasteiger partial charge in [0, 0.05) is 5.56 Å². The van der Waals surface area contributed by atoms with Crippen molar-refractivity contribution in [2.75, 3.05) is 13.2 Å². The Labute approximate surface area is 137 Å². The first-order chi connectivity index (χ1) is 11.1. The Morgan fingerprint density at radius 3 is 2.43 bits per heavy atom. The summed E-state index contributed by atoms with van der Waals surface area (Å²) in [6.07, 6.45) is 0.208. The maximum Gasteiger partial charge on any atom is 0.310 e. The molecule has 0 atom stereocenters. The maximum absolute atomic E-state index is 11.6. The van der Waals surface area contributed by atoms with Crippen LogP contribution in [0.15, 0.2) is 48.5 Å². The number of hydrogen-bond acceptors (Lipinski definition) is 3. The second-order valence-electron chi connectivity index (χ2n) is 5.25. The molecule has 2 rings (SSSR count). The molecule has 0 heterocycles. The van der Waals surface area contributed by atoms with E-state index in [4.69, 9.17) is 9.47 Å². The van der Waals surface area contributed by atoms with Gasteiger partial charge in [-0.1, -0.05) is 36.1 Å². The van der Waals surface area contributed by atoms with Crippen molar-refractivity contribution in [2.45, 2.75) is 20.3 Å². The fourth-order valence-corrected chi connectivity index (χ4v) is 2.12. The second-order valence-corrected chi connectivity index (χ2v) is 5.25. The molecule has 0 bridgehead atoms. The summed E-state index contributed by atoms with van der Waals surface area (Å²) in [5, 5.41) is 0. The maximum atomic E-state index is 11.6. The molecule has 0 radical (unpaired) electrons. The van der Waals surface area contributed by atoms with Crippen molar-refractivity contribution >= 4 is 5.97 Å². The van der Waals surface area contributed by atoms with E-state index in [1.54, 1.807) is 0 Å². The van der Waals surface area contributed by atoms with E-state index in [9.17, 15) is 4.79 Å². The molecule has 3 nitrogen and oxygen atoms in total. The Morgan fingerprint density at radius 1 is 1.04 bits per heavy atom. The highest BCUT2D eigenvalue weighted by atomic mass is 16.5. The van der Waals surface area contributed by atoms with Crippen molar-refractivity contribution < 1.29 is 14.3 Å². The van der Waals surface area contributed by atoms with Crippen LogP contribution in [0.3, 0.4) is 0 Å². The van der Waals surface area contributed by atoms with Crippen LogP contribution in [0.5, 0.6) is 5.75 Å². The van der Waals surface area contributed by atoms with Gasteiger partial charge in [-0.05, 0) is 49.2 Å². The number of hydrogen-bond donors (Lipinski definition) is 0. The molecule has 118 valence electrons. The third kappa shape index (κ3) is 6.27. The Kier molecular flexibility index (Phi) is 6.26. The molecular weight excluding hydrogens is 288 g/mol. The topological polar surface area (TPSA) is 35.5 Å². The Balaban J connectivity index is 1.68. The van der Waals surface area contributed by atoms with E-state index in [1.807, 2.05) is 56.3 Å². The van der Waals surface area contributed by atoms with E-state index in [-0.39, 0.29) is 19.0 Å². The van der Waals surface area contributed by atoms with E-state index in [2.05, 4.69) is 17.9 Å². The number of benzene rings is 2. The molecule has 0 aliphatic carbocycles. The minimum atomic E-state index is -0.309. The van der Waals surface area contributed by atoms with E-state index in [0.29, 0.717) is 6.61 Å². The predicted molar refractivity (Wildman–Crippen MR) is 90.3 cm³/mol. The SMILES string of the molecule is Cc1cc(C)cc(OCCC(=O)OCC#Cc2ccccc2)c1. The lowest BCUT2D eigenvalue weighted by Gasteiger charge is -2.07. The fraction of sp³-hybridized carbons (Fsp3) is 0.250. The largest absolute Gasteiger partial charge is 0.493 e. The first-order valence-electron chi connectivity index (χ1n) is 7.54. The Hall–Kier alpha value is -2.73. The molecule has 0 aliphatic rings. The highest BCUT2D eigenvalue weighted by Gasteiger charge is 2.03. The summed E-state index contributed by atoms with van der Waals surface area (Å²) in [5.41, 5.74) is 3.18. The number of rotatable bonds is 5. The summed E-state index contributed by atoms with van der Waals surface area (Å²) >= 11 is 0. The lowest BCUT2D eigenvalue weighted by molar-refractivity contribution is -0.142. The van der Waals surface area contributed by atoms with Crippen LogP contribution in [-0.2, 0) is 9.53 Å². The zero-order valence-electron chi connectivity index (χ0n) is 13.5. The van der Waals surface area contributed by atoms with Crippen LogP contribution in [0.25, 0.3) is 0 Å². The fourth-order valence-electron chi connectivity index (χ4n) is 2.12. The third-order valence-corrected chi connectivity index (χ3v) is 3.08. The highest BCUT2D eigenvalue weighted by Crippen LogP contribution is 2.16. The third-order valence-electron chi connectivity index (χ3n) is 3.08. The van der Waals surface area contributed by atoms with E-state index >= 15 is 0 Å². The summed E-state index contributed by atoms with van der Waals surface area (Å²) < 4.78 is 10.6. The van der Waals surface area contributed by atoms with Gasteiger partial charge in [-0.15, -0.1) is 0 Å². The Bertz CT molecular complexity index is 688. The van der Waals surface area contributed by atoms with E-state index in [0.717, 1.165) is 22.4 Å². The molecule has 0 saturated carbocycles. The monoisotopic (exact) mass is 308 g/mol. The van der Waals surface area contributed by atoms with Gasteiger partial charge in [0.25, 0.3) is 0 Å². The van der Waals surface area contributed by atoms with Crippen molar-refractivity contribution in [2.24, 2.45) is 0 Å². The molecule has 3 heteroatoms.